The van der Waals surface area contributed by atoms with Gasteiger partial charge >= 0.3 is 29.6 Å². The third kappa shape index (κ3) is 12.8. The van der Waals surface area contributed by atoms with E-state index in [-0.39, 0.29) is 42.8 Å². The zero-order valence-electron chi connectivity index (χ0n) is 39.1. The number of piperidine rings is 2. The summed E-state index contributed by atoms with van der Waals surface area (Å²) in [6.45, 7) is 5.02. The molecule has 8 rings (SSSR count). The number of alkyl halides is 1. The summed E-state index contributed by atoms with van der Waals surface area (Å²) in [5.74, 6) is 5.26. The molecule has 0 radical (unpaired) electrons. The van der Waals surface area contributed by atoms with Crippen molar-refractivity contribution in [2.24, 2.45) is 0 Å². The van der Waals surface area contributed by atoms with Gasteiger partial charge in [0.05, 0.1) is 63.7 Å². The first-order chi connectivity index (χ1) is 30.7. The molecule has 2 aliphatic heterocycles. The topological polar surface area (TPSA) is 142 Å². The Kier molecular flexibility index (Phi) is 19.8. The van der Waals surface area contributed by atoms with Crippen LogP contribution in [0.3, 0.4) is 0 Å². The minimum absolute atomic E-state index is 0. The number of amides is 2. The van der Waals surface area contributed by atoms with Crippen molar-refractivity contribution in [1.82, 2.24) is 29.3 Å². The first-order valence-corrected chi connectivity index (χ1v) is 22.3. The van der Waals surface area contributed by atoms with Crippen LogP contribution in [0.15, 0.2) is 84.9 Å². The first-order valence-electron chi connectivity index (χ1n) is 21.2. The number of rotatable bonds is 13. The fraction of sp³-hybridized carbons (Fsp3) is 0.417. The zero-order valence-corrected chi connectivity index (χ0v) is 41.7. The summed E-state index contributed by atoms with van der Waals surface area (Å²) in [4.78, 5) is 42.9. The molecule has 1 N–H and O–H groups in total. The maximum absolute atomic E-state index is 13.1. The van der Waals surface area contributed by atoms with Crippen molar-refractivity contribution in [2.45, 2.75) is 44.1 Å². The predicted molar refractivity (Wildman–Crippen MR) is 249 cm³/mol. The Hall–Kier alpha value is -4.64. The fourth-order valence-electron chi connectivity index (χ4n) is 7.99. The van der Waals surface area contributed by atoms with Gasteiger partial charge in [-0.15, -0.1) is 0 Å². The van der Waals surface area contributed by atoms with Crippen LogP contribution in [0.5, 0.6) is 23.0 Å². The molecule has 6 aromatic rings. The number of hydrogen-bond donors (Lipinski definition) is 1. The monoisotopic (exact) mass is 950 g/mol. The van der Waals surface area contributed by atoms with Crippen LogP contribution >= 0.6 is 15.9 Å². The van der Waals surface area contributed by atoms with Gasteiger partial charge in [0.2, 0.25) is 0 Å². The number of methoxy groups -OCH3 is 6. The number of fused-ring (bicyclic) bond motifs is 2. The number of carbonyl (C=O) groups is 2. The summed E-state index contributed by atoms with van der Waals surface area (Å²) < 4.78 is 33.4. The summed E-state index contributed by atoms with van der Waals surface area (Å²) in [7, 11) is 9.75. The molecule has 0 aliphatic carbocycles. The number of benzene rings is 4. The third-order valence-electron chi connectivity index (χ3n) is 11.4. The van der Waals surface area contributed by atoms with Crippen LogP contribution in [0.4, 0.5) is 0 Å². The number of aromatic amines is 1. The molecule has 2 amide bonds. The number of likely N-dealkylation sites (tertiary alicyclic amines) is 2. The summed E-state index contributed by atoms with van der Waals surface area (Å²) >= 11 is 3.18. The molecule has 64 heavy (non-hydrogen) atoms. The van der Waals surface area contributed by atoms with Gasteiger partial charge in [-0.05, 0) is 74.2 Å². The Morgan fingerprint density at radius 2 is 1.11 bits per heavy atom. The van der Waals surface area contributed by atoms with Crippen molar-refractivity contribution in [3.63, 3.8) is 0 Å². The van der Waals surface area contributed by atoms with E-state index in [4.69, 9.17) is 33.7 Å². The molecule has 14 nitrogen and oxygen atoms in total. The summed E-state index contributed by atoms with van der Waals surface area (Å²) in [5.41, 5.74) is 5.38. The Balaban J connectivity index is 0.000000252. The van der Waals surface area contributed by atoms with Crippen LogP contribution in [0.1, 0.15) is 71.3 Å². The normalized spacial score (nSPS) is 14.2. The third-order valence-corrected chi connectivity index (χ3v) is 11.7. The van der Waals surface area contributed by atoms with Crippen molar-refractivity contribution in [3.8, 4) is 23.0 Å². The predicted octanol–water partition coefficient (Wildman–Crippen LogP) is 5.46. The zero-order chi connectivity index (χ0) is 44.7. The van der Waals surface area contributed by atoms with Crippen molar-refractivity contribution < 1.29 is 69.0 Å². The van der Waals surface area contributed by atoms with Gasteiger partial charge in [-0.1, -0.05) is 40.2 Å². The Morgan fingerprint density at radius 3 is 1.56 bits per heavy atom. The van der Waals surface area contributed by atoms with Gasteiger partial charge in [-0.25, -0.2) is 9.97 Å². The van der Waals surface area contributed by atoms with E-state index in [1.165, 1.54) is 0 Å². The standard InChI is InChI=1S/C24H29N3O4.C21H23N3O3.C3H7BrO.Na.H/c1-29-13-12-27-22-7-5-4-6-21(22)25-23(27)17-8-10-26(11-9-17)24(28)18-14-19(30-2)16-20(15-18)31-3;1-26-16-11-15(12-17(13-16)27-2)21(25)24-9-7-14(8-10-24)20-22-18-5-3-4-6-19(18)23-20;1-5-3-2-4;;/h4-7,14-17H,8-13H2,1-3H3;3-6,11-14H,7-10H2,1-2H3,(H,22,23);2-3H2,1H3;;/q;;;+1;-1. The second kappa shape index (κ2) is 25.2. The maximum atomic E-state index is 13.1. The fourth-order valence-corrected chi connectivity index (χ4v) is 8.31. The number of carbonyl (C=O) groups excluding carboxylic acids is 2. The summed E-state index contributed by atoms with van der Waals surface area (Å²) in [6, 6.07) is 26.9. The van der Waals surface area contributed by atoms with Gasteiger partial charge in [0, 0.05) is 87.4 Å². The van der Waals surface area contributed by atoms with Crippen LogP contribution in [-0.4, -0.2) is 129 Å². The second-order valence-corrected chi connectivity index (χ2v) is 16.1. The van der Waals surface area contributed by atoms with Crippen molar-refractivity contribution in [2.75, 3.05) is 87.4 Å². The number of nitrogens with zero attached hydrogens (tertiary/aromatic N) is 5. The smallest absolute Gasteiger partial charge is 1.00 e. The molecule has 2 aromatic heterocycles. The number of imidazole rings is 2. The molecule has 0 bridgehead atoms. The van der Waals surface area contributed by atoms with Gasteiger partial charge in [0.25, 0.3) is 11.8 Å². The van der Waals surface area contributed by atoms with Crippen LogP contribution in [0.2, 0.25) is 0 Å². The van der Waals surface area contributed by atoms with E-state index in [9.17, 15) is 9.59 Å². The van der Waals surface area contributed by atoms with E-state index in [0.717, 1.165) is 77.9 Å². The molecule has 0 unspecified atom stereocenters. The number of nitrogens with one attached hydrogen (secondary N) is 1. The number of ether oxygens (including phenoxy) is 6. The van der Waals surface area contributed by atoms with Crippen LogP contribution in [-0.2, 0) is 16.0 Å². The van der Waals surface area contributed by atoms with E-state index in [1.807, 2.05) is 46.2 Å². The molecule has 2 saturated heterocycles. The minimum atomic E-state index is 0. The first kappa shape index (κ1) is 50.4. The van der Waals surface area contributed by atoms with Gasteiger partial charge in [0.15, 0.2) is 0 Å². The van der Waals surface area contributed by atoms with Gasteiger partial charge in [-0.3, -0.25) is 9.59 Å². The Labute approximate surface area is 407 Å². The molecule has 338 valence electrons. The molecule has 4 aromatic carbocycles. The molecule has 0 atom stereocenters. The van der Waals surface area contributed by atoms with E-state index in [2.05, 4.69) is 42.4 Å². The number of para-hydroxylation sites is 4. The van der Waals surface area contributed by atoms with Gasteiger partial charge in [-0.2, -0.15) is 0 Å². The maximum Gasteiger partial charge on any atom is 1.00 e. The van der Waals surface area contributed by atoms with E-state index >= 15 is 0 Å². The Morgan fingerprint density at radius 1 is 0.641 bits per heavy atom. The van der Waals surface area contributed by atoms with E-state index in [0.29, 0.717) is 78.7 Å². The van der Waals surface area contributed by atoms with Gasteiger partial charge in [0.1, 0.15) is 34.6 Å². The van der Waals surface area contributed by atoms with Crippen LogP contribution in [0.25, 0.3) is 22.1 Å². The molecule has 2 aliphatic rings. The molecular weight excluding hydrogens is 891 g/mol. The molecule has 0 saturated carbocycles. The van der Waals surface area contributed by atoms with Gasteiger partial charge < -0.3 is 49.2 Å². The molecular formula is C48H60BrN6NaO8. The minimum Gasteiger partial charge on any atom is -1.00 e. The van der Waals surface area contributed by atoms with Crippen molar-refractivity contribution in [3.05, 3.63) is 108 Å². The molecule has 0 spiro atoms. The number of hydrogen-bond acceptors (Lipinski definition) is 10. The summed E-state index contributed by atoms with van der Waals surface area (Å²) in [6.07, 6.45) is 3.55. The van der Waals surface area contributed by atoms with E-state index in [1.54, 1.807) is 79.1 Å². The average Bonchev–Trinajstić information content (AvgIpc) is 3.95. The number of halogens is 1. The number of aromatic nitrogens is 4. The molecule has 16 heteroatoms. The second-order valence-electron chi connectivity index (χ2n) is 15.3. The summed E-state index contributed by atoms with van der Waals surface area (Å²) in [5, 5.41) is 0.934. The van der Waals surface area contributed by atoms with Crippen molar-refractivity contribution in [1.29, 1.82) is 0 Å². The molecule has 2 fully saturated rings. The quantitative estimate of drug-likeness (QED) is 0.117. The SMILES string of the molecule is COCCBr.COCCn1c(C2CCN(C(=O)c3cc(OC)cc(OC)c3)CC2)nc2ccccc21.COc1cc(OC)cc(C(=O)N2CCC(c3nc4ccccc4[nH]3)CC2)c1.[H-].[Na+]. The Bertz CT molecular complexity index is 2340. The van der Waals surface area contributed by atoms with Crippen LogP contribution < -0.4 is 48.5 Å². The van der Waals surface area contributed by atoms with Crippen molar-refractivity contribution >= 4 is 49.8 Å². The van der Waals surface area contributed by atoms with Crippen LogP contribution in [0, 0.1) is 0 Å². The average molecular weight is 952 g/mol. The number of H-pyrrole nitrogens is 1. The van der Waals surface area contributed by atoms with E-state index < -0.39 is 0 Å². The largest absolute Gasteiger partial charge is 1.00 e. The molecule has 4 heterocycles.